The highest BCUT2D eigenvalue weighted by molar-refractivity contribution is 6.23. The van der Waals surface area contributed by atoms with Gasteiger partial charge in [-0.25, -0.2) is 0 Å². The molecule has 2 aromatic rings. The Hall–Kier alpha value is -3.15. The van der Waals surface area contributed by atoms with Gasteiger partial charge in [-0.3, -0.25) is 19.3 Å². The lowest BCUT2D eigenvalue weighted by Gasteiger charge is -2.41. The molecule has 0 saturated heterocycles. The van der Waals surface area contributed by atoms with Gasteiger partial charge >= 0.3 is 0 Å². The van der Waals surface area contributed by atoms with E-state index in [0.29, 0.717) is 29.1 Å². The Kier molecular flexibility index (Phi) is 3.80. The van der Waals surface area contributed by atoms with E-state index in [4.69, 9.17) is 4.74 Å². The Balaban J connectivity index is 1.68. The van der Waals surface area contributed by atoms with Crippen LogP contribution in [0.25, 0.3) is 0 Å². The van der Waals surface area contributed by atoms with Crippen LogP contribution in [0.2, 0.25) is 0 Å². The van der Waals surface area contributed by atoms with Crippen molar-refractivity contribution in [2.45, 2.75) is 32.4 Å². The number of imide groups is 1. The number of hydrogen-bond donors (Lipinski definition) is 0. The lowest BCUT2D eigenvalue weighted by molar-refractivity contribution is -0.122. The molecule has 138 valence electrons. The van der Waals surface area contributed by atoms with E-state index in [0.717, 1.165) is 4.90 Å². The summed E-state index contributed by atoms with van der Waals surface area (Å²) in [6.45, 7) is 5.72. The van der Waals surface area contributed by atoms with Crippen molar-refractivity contribution in [3.63, 3.8) is 0 Å². The number of carbonyl (C=O) groups is 3. The molecule has 0 radical (unpaired) electrons. The van der Waals surface area contributed by atoms with Crippen LogP contribution in [0, 0.1) is 0 Å². The van der Waals surface area contributed by atoms with Gasteiger partial charge in [-0.1, -0.05) is 24.3 Å². The van der Waals surface area contributed by atoms with Crippen molar-refractivity contribution in [3.8, 4) is 5.75 Å². The van der Waals surface area contributed by atoms with Crippen molar-refractivity contribution in [3.05, 3.63) is 59.7 Å². The van der Waals surface area contributed by atoms with Crippen molar-refractivity contribution >= 4 is 23.4 Å². The van der Waals surface area contributed by atoms with Crippen LogP contribution >= 0.6 is 0 Å². The monoisotopic (exact) mass is 364 g/mol. The van der Waals surface area contributed by atoms with Crippen molar-refractivity contribution in [1.82, 2.24) is 4.90 Å². The third-order valence-electron chi connectivity index (χ3n) is 4.92. The minimum absolute atomic E-state index is 0.312. The van der Waals surface area contributed by atoms with E-state index in [9.17, 15) is 14.4 Å². The minimum Gasteiger partial charge on any atom is -0.484 e. The SMILES string of the molecule is CC(C(=O)N1CC(C)(C)Oc2ccccc21)N1C(=O)c2ccccc2C1=O. The lowest BCUT2D eigenvalue weighted by atomic mass is 10.0. The van der Waals surface area contributed by atoms with Crippen LogP contribution < -0.4 is 9.64 Å². The molecule has 2 aliphatic heterocycles. The molecule has 0 bridgehead atoms. The highest BCUT2D eigenvalue weighted by Crippen LogP contribution is 2.37. The Morgan fingerprint density at radius 1 is 1.00 bits per heavy atom. The summed E-state index contributed by atoms with van der Waals surface area (Å²) in [5, 5.41) is 0. The summed E-state index contributed by atoms with van der Waals surface area (Å²) in [6, 6.07) is 13.0. The quantitative estimate of drug-likeness (QED) is 0.769. The van der Waals surface area contributed by atoms with Crippen LogP contribution in [0.5, 0.6) is 5.75 Å². The summed E-state index contributed by atoms with van der Waals surface area (Å²) in [4.78, 5) is 41.4. The average Bonchev–Trinajstić information content (AvgIpc) is 2.90. The molecular weight excluding hydrogens is 344 g/mol. The third kappa shape index (κ3) is 2.68. The van der Waals surface area contributed by atoms with Crippen LogP contribution in [-0.2, 0) is 4.79 Å². The molecule has 3 amide bonds. The van der Waals surface area contributed by atoms with E-state index in [1.54, 1.807) is 42.2 Å². The first-order chi connectivity index (χ1) is 12.8. The van der Waals surface area contributed by atoms with Gasteiger partial charge in [-0.2, -0.15) is 0 Å². The maximum Gasteiger partial charge on any atom is 0.262 e. The van der Waals surface area contributed by atoms with Gasteiger partial charge in [0.05, 0.1) is 23.4 Å². The van der Waals surface area contributed by atoms with Gasteiger partial charge < -0.3 is 9.64 Å². The number of rotatable bonds is 2. The predicted molar refractivity (Wildman–Crippen MR) is 99.9 cm³/mol. The molecule has 6 heteroatoms. The molecular formula is C21H20N2O4. The zero-order valence-electron chi connectivity index (χ0n) is 15.4. The van der Waals surface area contributed by atoms with E-state index in [-0.39, 0.29) is 5.91 Å². The fourth-order valence-electron chi connectivity index (χ4n) is 3.65. The van der Waals surface area contributed by atoms with Crippen LogP contribution in [-0.4, -0.2) is 40.8 Å². The summed E-state index contributed by atoms with van der Waals surface area (Å²) >= 11 is 0. The minimum atomic E-state index is -0.917. The van der Waals surface area contributed by atoms with E-state index in [1.165, 1.54) is 0 Å². The molecule has 2 aromatic carbocycles. The Bertz CT molecular complexity index is 931. The van der Waals surface area contributed by atoms with Crippen molar-refractivity contribution < 1.29 is 19.1 Å². The topological polar surface area (TPSA) is 66.9 Å². The summed E-state index contributed by atoms with van der Waals surface area (Å²) < 4.78 is 5.96. The van der Waals surface area contributed by atoms with Gasteiger partial charge in [0.25, 0.3) is 11.8 Å². The number of carbonyl (C=O) groups excluding carboxylic acids is 3. The number of fused-ring (bicyclic) bond motifs is 2. The number of amides is 3. The molecule has 6 nitrogen and oxygen atoms in total. The van der Waals surface area contributed by atoms with Crippen LogP contribution in [0.1, 0.15) is 41.5 Å². The van der Waals surface area contributed by atoms with Crippen molar-refractivity contribution in [2.75, 3.05) is 11.4 Å². The van der Waals surface area contributed by atoms with Crippen molar-refractivity contribution in [1.29, 1.82) is 0 Å². The van der Waals surface area contributed by atoms with Crippen molar-refractivity contribution in [2.24, 2.45) is 0 Å². The predicted octanol–water partition coefficient (Wildman–Crippen LogP) is 2.88. The Morgan fingerprint density at radius 3 is 2.19 bits per heavy atom. The third-order valence-corrected chi connectivity index (χ3v) is 4.92. The fourth-order valence-corrected chi connectivity index (χ4v) is 3.65. The molecule has 0 spiro atoms. The number of para-hydroxylation sites is 2. The van der Waals surface area contributed by atoms with Crippen LogP contribution in [0.15, 0.2) is 48.5 Å². The van der Waals surface area contributed by atoms with Gasteiger partial charge in [0.2, 0.25) is 5.91 Å². The van der Waals surface area contributed by atoms with Gasteiger partial charge in [-0.15, -0.1) is 0 Å². The first-order valence-corrected chi connectivity index (χ1v) is 8.86. The second-order valence-electron chi connectivity index (χ2n) is 7.46. The maximum absolute atomic E-state index is 13.3. The normalized spacial score (nSPS) is 18.6. The van der Waals surface area contributed by atoms with E-state index < -0.39 is 23.5 Å². The van der Waals surface area contributed by atoms with Gasteiger partial charge in [0, 0.05) is 0 Å². The zero-order chi connectivity index (χ0) is 19.3. The molecule has 27 heavy (non-hydrogen) atoms. The van der Waals surface area contributed by atoms with Gasteiger partial charge in [0.15, 0.2) is 0 Å². The fraction of sp³-hybridized carbons (Fsp3) is 0.286. The Morgan fingerprint density at radius 2 is 1.56 bits per heavy atom. The van der Waals surface area contributed by atoms with E-state index in [2.05, 4.69) is 0 Å². The van der Waals surface area contributed by atoms with Gasteiger partial charge in [0.1, 0.15) is 17.4 Å². The highest BCUT2D eigenvalue weighted by atomic mass is 16.5. The lowest BCUT2D eigenvalue weighted by Crippen LogP contribution is -2.55. The molecule has 0 aromatic heterocycles. The summed E-state index contributed by atoms with van der Waals surface area (Å²) in [5.41, 5.74) is 0.742. The first kappa shape index (κ1) is 17.3. The van der Waals surface area contributed by atoms with E-state index >= 15 is 0 Å². The molecule has 0 saturated carbocycles. The number of nitrogens with zero attached hydrogens (tertiary/aromatic N) is 2. The number of benzene rings is 2. The molecule has 4 rings (SSSR count). The largest absolute Gasteiger partial charge is 0.484 e. The second-order valence-corrected chi connectivity index (χ2v) is 7.46. The Labute approximate surface area is 157 Å². The molecule has 0 fully saturated rings. The molecule has 2 aliphatic rings. The molecule has 0 N–H and O–H groups in total. The van der Waals surface area contributed by atoms with Gasteiger partial charge in [-0.05, 0) is 45.0 Å². The average molecular weight is 364 g/mol. The highest BCUT2D eigenvalue weighted by Gasteiger charge is 2.44. The molecule has 2 heterocycles. The summed E-state index contributed by atoms with van der Waals surface area (Å²) in [7, 11) is 0. The molecule has 1 atom stereocenters. The maximum atomic E-state index is 13.3. The standard InChI is InChI=1S/C21H20N2O4/c1-13(23-19(25)14-8-4-5-9-15(14)20(23)26)18(24)22-12-21(2,3)27-17-11-7-6-10-16(17)22/h4-11,13H,12H2,1-3H3. The second kappa shape index (κ2) is 5.94. The number of anilines is 1. The zero-order valence-corrected chi connectivity index (χ0v) is 15.4. The van der Waals surface area contributed by atoms with Crippen LogP contribution in [0.3, 0.4) is 0 Å². The summed E-state index contributed by atoms with van der Waals surface area (Å²) in [6.07, 6.45) is 0. The first-order valence-electron chi connectivity index (χ1n) is 8.86. The smallest absolute Gasteiger partial charge is 0.262 e. The summed E-state index contributed by atoms with van der Waals surface area (Å²) in [5.74, 6) is -0.570. The number of hydrogen-bond acceptors (Lipinski definition) is 4. The van der Waals surface area contributed by atoms with E-state index in [1.807, 2.05) is 32.0 Å². The molecule has 0 aliphatic carbocycles. The number of ether oxygens (including phenoxy) is 1. The molecule has 1 unspecified atom stereocenters. The van der Waals surface area contributed by atoms with Crippen LogP contribution in [0.4, 0.5) is 5.69 Å².